The zero-order valence-electron chi connectivity index (χ0n) is 9.50. The third-order valence-corrected chi connectivity index (χ3v) is 2.20. The summed E-state index contributed by atoms with van der Waals surface area (Å²) in [5, 5.41) is 2.22. The molecule has 1 rings (SSSR count). The van der Waals surface area contributed by atoms with Crippen LogP contribution in [0.2, 0.25) is 0 Å². The van der Waals surface area contributed by atoms with Gasteiger partial charge in [0, 0.05) is 12.5 Å². The summed E-state index contributed by atoms with van der Waals surface area (Å²) >= 11 is 0. The Balaban J connectivity index is 2.92. The zero-order chi connectivity index (χ0) is 13.7. The van der Waals surface area contributed by atoms with E-state index in [0.717, 1.165) is 6.07 Å². The van der Waals surface area contributed by atoms with Gasteiger partial charge in [0.05, 0.1) is 11.3 Å². The van der Waals surface area contributed by atoms with Crippen LogP contribution >= 0.6 is 0 Å². The van der Waals surface area contributed by atoms with Crippen molar-refractivity contribution in [1.29, 1.82) is 0 Å². The summed E-state index contributed by atoms with van der Waals surface area (Å²) in [4.78, 5) is 22.2. The molecular weight excluding hydrogens is 244 g/mol. The second-order valence-corrected chi connectivity index (χ2v) is 3.62. The molecule has 0 bridgehead atoms. The number of anilines is 1. The maximum atomic E-state index is 13.3. The van der Waals surface area contributed by atoms with Crippen LogP contribution in [0.3, 0.4) is 0 Å². The SMILES string of the molecule is NCCCC(=O)Nc1cc(C(N)=O)c(F)cc1F. The molecule has 0 saturated carbocycles. The molecular formula is C11H13F2N3O2. The van der Waals surface area contributed by atoms with Gasteiger partial charge in [0.15, 0.2) is 0 Å². The van der Waals surface area contributed by atoms with Gasteiger partial charge in [-0.3, -0.25) is 9.59 Å². The molecule has 5 nitrogen and oxygen atoms in total. The van der Waals surface area contributed by atoms with Crippen molar-refractivity contribution in [2.45, 2.75) is 12.8 Å². The molecule has 1 aromatic carbocycles. The maximum Gasteiger partial charge on any atom is 0.251 e. The van der Waals surface area contributed by atoms with Crippen molar-refractivity contribution in [1.82, 2.24) is 0 Å². The van der Waals surface area contributed by atoms with Crippen LogP contribution in [0.15, 0.2) is 12.1 Å². The number of carbonyl (C=O) groups excluding carboxylic acids is 2. The first-order chi connectivity index (χ1) is 8.45. The minimum absolute atomic E-state index is 0.110. The van der Waals surface area contributed by atoms with E-state index in [9.17, 15) is 18.4 Å². The van der Waals surface area contributed by atoms with Crippen LogP contribution in [0, 0.1) is 11.6 Å². The Hall–Kier alpha value is -2.02. The highest BCUT2D eigenvalue weighted by Crippen LogP contribution is 2.19. The molecule has 18 heavy (non-hydrogen) atoms. The Labute approximate surface area is 102 Å². The van der Waals surface area contributed by atoms with E-state index in [4.69, 9.17) is 11.5 Å². The molecule has 0 unspecified atom stereocenters. The quantitative estimate of drug-likeness (QED) is 0.725. The predicted octanol–water partition coefficient (Wildman–Crippen LogP) is 0.741. The third kappa shape index (κ3) is 3.49. The molecule has 0 fully saturated rings. The first-order valence-electron chi connectivity index (χ1n) is 5.24. The monoisotopic (exact) mass is 257 g/mol. The summed E-state index contributed by atoms with van der Waals surface area (Å²) in [5.41, 5.74) is 9.37. The molecule has 0 radical (unpaired) electrons. The number of amides is 2. The normalized spacial score (nSPS) is 10.2. The van der Waals surface area contributed by atoms with Gasteiger partial charge in [-0.1, -0.05) is 0 Å². The lowest BCUT2D eigenvalue weighted by molar-refractivity contribution is -0.116. The lowest BCUT2D eigenvalue weighted by Crippen LogP contribution is -2.17. The average Bonchev–Trinajstić information content (AvgIpc) is 2.29. The van der Waals surface area contributed by atoms with Crippen molar-refractivity contribution in [3.63, 3.8) is 0 Å². The number of halogens is 2. The molecule has 0 aliphatic rings. The third-order valence-electron chi connectivity index (χ3n) is 2.20. The molecule has 98 valence electrons. The number of benzene rings is 1. The first-order valence-corrected chi connectivity index (χ1v) is 5.24. The molecule has 1 aromatic rings. The van der Waals surface area contributed by atoms with E-state index in [1.54, 1.807) is 0 Å². The van der Waals surface area contributed by atoms with Crippen molar-refractivity contribution in [3.05, 3.63) is 29.3 Å². The van der Waals surface area contributed by atoms with Gasteiger partial charge in [0.25, 0.3) is 5.91 Å². The largest absolute Gasteiger partial charge is 0.366 e. The van der Waals surface area contributed by atoms with Gasteiger partial charge in [-0.05, 0) is 19.0 Å². The molecule has 0 spiro atoms. The van der Waals surface area contributed by atoms with Crippen LogP contribution in [-0.2, 0) is 4.79 Å². The van der Waals surface area contributed by atoms with E-state index in [1.807, 2.05) is 0 Å². The van der Waals surface area contributed by atoms with Crippen LogP contribution in [0.1, 0.15) is 23.2 Å². The molecule has 2 amide bonds. The minimum atomic E-state index is -1.07. The summed E-state index contributed by atoms with van der Waals surface area (Å²) in [6.07, 6.45) is 0.552. The summed E-state index contributed by atoms with van der Waals surface area (Å²) in [5.74, 6) is -3.55. The second-order valence-electron chi connectivity index (χ2n) is 3.62. The fraction of sp³-hybridized carbons (Fsp3) is 0.273. The van der Waals surface area contributed by atoms with E-state index in [2.05, 4.69) is 5.32 Å². The molecule has 0 aliphatic heterocycles. The number of hydrogen-bond acceptors (Lipinski definition) is 3. The van der Waals surface area contributed by atoms with Gasteiger partial charge < -0.3 is 16.8 Å². The van der Waals surface area contributed by atoms with E-state index in [0.29, 0.717) is 19.0 Å². The fourth-order valence-electron chi connectivity index (χ4n) is 1.31. The maximum absolute atomic E-state index is 13.3. The molecule has 5 N–H and O–H groups in total. The van der Waals surface area contributed by atoms with Gasteiger partial charge in [-0.25, -0.2) is 8.78 Å². The van der Waals surface area contributed by atoms with Gasteiger partial charge in [0.1, 0.15) is 11.6 Å². The standard InChI is InChI=1S/C11H13F2N3O2/c12-7-5-8(13)9(4-6(7)11(15)18)16-10(17)2-1-3-14/h4-5H,1-3,14H2,(H2,15,18)(H,16,17). The van der Waals surface area contributed by atoms with Gasteiger partial charge >= 0.3 is 0 Å². The minimum Gasteiger partial charge on any atom is -0.366 e. The summed E-state index contributed by atoms with van der Waals surface area (Å²) in [6.45, 7) is 0.325. The fourth-order valence-corrected chi connectivity index (χ4v) is 1.31. The number of nitrogens with one attached hydrogen (secondary N) is 1. The smallest absolute Gasteiger partial charge is 0.251 e. The highest BCUT2D eigenvalue weighted by molar-refractivity contribution is 5.96. The lowest BCUT2D eigenvalue weighted by atomic mass is 10.1. The number of hydrogen-bond donors (Lipinski definition) is 3. The highest BCUT2D eigenvalue weighted by Gasteiger charge is 2.15. The zero-order valence-corrected chi connectivity index (χ0v) is 9.50. The average molecular weight is 257 g/mol. The Kier molecular flexibility index (Phi) is 4.73. The van der Waals surface area contributed by atoms with Crippen molar-refractivity contribution in [2.24, 2.45) is 11.5 Å². The van der Waals surface area contributed by atoms with Crippen LogP contribution < -0.4 is 16.8 Å². The van der Waals surface area contributed by atoms with Crippen LogP contribution in [0.25, 0.3) is 0 Å². The molecule has 0 aromatic heterocycles. The second kappa shape index (κ2) is 6.06. The van der Waals surface area contributed by atoms with E-state index >= 15 is 0 Å². The van der Waals surface area contributed by atoms with Gasteiger partial charge in [-0.15, -0.1) is 0 Å². The summed E-state index contributed by atoms with van der Waals surface area (Å²) in [7, 11) is 0. The van der Waals surface area contributed by atoms with Crippen molar-refractivity contribution in [2.75, 3.05) is 11.9 Å². The lowest BCUT2D eigenvalue weighted by Gasteiger charge is -2.08. The highest BCUT2D eigenvalue weighted by atomic mass is 19.1. The van der Waals surface area contributed by atoms with Crippen molar-refractivity contribution >= 4 is 17.5 Å². The number of rotatable bonds is 5. The Morgan fingerprint density at radius 2 is 1.89 bits per heavy atom. The van der Waals surface area contributed by atoms with E-state index < -0.39 is 29.0 Å². The van der Waals surface area contributed by atoms with Gasteiger partial charge in [0.2, 0.25) is 5.91 Å². The van der Waals surface area contributed by atoms with Crippen LogP contribution in [0.5, 0.6) is 0 Å². The Morgan fingerprint density at radius 3 is 2.44 bits per heavy atom. The molecule has 0 aliphatic carbocycles. The van der Waals surface area contributed by atoms with Gasteiger partial charge in [-0.2, -0.15) is 0 Å². The predicted molar refractivity (Wildman–Crippen MR) is 61.8 cm³/mol. The molecule has 0 heterocycles. The van der Waals surface area contributed by atoms with Crippen molar-refractivity contribution in [3.8, 4) is 0 Å². The Morgan fingerprint density at radius 1 is 1.22 bits per heavy atom. The summed E-state index contributed by atoms with van der Waals surface area (Å²) in [6, 6.07) is 1.37. The molecule has 0 saturated heterocycles. The Bertz CT molecular complexity index is 478. The number of carbonyl (C=O) groups is 2. The molecule has 0 atom stereocenters. The van der Waals surface area contributed by atoms with E-state index in [-0.39, 0.29) is 12.1 Å². The number of primary amides is 1. The molecule has 7 heteroatoms. The first kappa shape index (κ1) is 14.0. The van der Waals surface area contributed by atoms with E-state index in [1.165, 1.54) is 0 Å². The summed E-state index contributed by atoms with van der Waals surface area (Å²) < 4.78 is 26.5. The van der Waals surface area contributed by atoms with Crippen LogP contribution in [-0.4, -0.2) is 18.4 Å². The number of nitrogens with two attached hydrogens (primary N) is 2. The van der Waals surface area contributed by atoms with Crippen LogP contribution in [0.4, 0.5) is 14.5 Å². The van der Waals surface area contributed by atoms with Crippen molar-refractivity contribution < 1.29 is 18.4 Å². The topological polar surface area (TPSA) is 98.2 Å².